The van der Waals surface area contributed by atoms with E-state index in [2.05, 4.69) is 10.1 Å². The Balaban J connectivity index is 1.93. The van der Waals surface area contributed by atoms with Gasteiger partial charge in [0.25, 0.3) is 5.91 Å². The van der Waals surface area contributed by atoms with Gasteiger partial charge >= 0.3 is 6.61 Å². The third kappa shape index (κ3) is 5.15. The molecule has 2 amide bonds. The Morgan fingerprint density at radius 2 is 2.29 bits per heavy atom. The minimum absolute atomic E-state index is 0.0202. The van der Waals surface area contributed by atoms with Crippen molar-refractivity contribution in [1.82, 2.24) is 10.2 Å². The van der Waals surface area contributed by atoms with Gasteiger partial charge in [0, 0.05) is 26.1 Å². The smallest absolute Gasteiger partial charge is 0.387 e. The molecule has 1 aromatic rings. The molecule has 24 heavy (non-hydrogen) atoms. The predicted molar refractivity (Wildman–Crippen MR) is 87.5 cm³/mol. The molecule has 5 nitrogen and oxygen atoms in total. The highest BCUT2D eigenvalue weighted by molar-refractivity contribution is 7.12. The fourth-order valence-corrected chi connectivity index (χ4v) is 3.57. The lowest BCUT2D eigenvalue weighted by Crippen LogP contribution is -2.43. The molecule has 0 spiro atoms. The van der Waals surface area contributed by atoms with E-state index in [1.807, 2.05) is 6.92 Å². The van der Waals surface area contributed by atoms with Crippen molar-refractivity contribution in [2.24, 2.45) is 5.92 Å². The number of likely N-dealkylation sites (tertiary alicyclic amines) is 1. The predicted octanol–water partition coefficient (Wildman–Crippen LogP) is 3.12. The molecule has 0 saturated carbocycles. The van der Waals surface area contributed by atoms with Gasteiger partial charge in [-0.2, -0.15) is 8.78 Å². The molecule has 2 rings (SSSR count). The van der Waals surface area contributed by atoms with Crippen LogP contribution in [0, 0.1) is 5.92 Å². The van der Waals surface area contributed by atoms with E-state index < -0.39 is 6.61 Å². The summed E-state index contributed by atoms with van der Waals surface area (Å²) >= 11 is 1.10. The van der Waals surface area contributed by atoms with E-state index in [0.29, 0.717) is 26.1 Å². The van der Waals surface area contributed by atoms with Crippen molar-refractivity contribution in [3.8, 4) is 5.75 Å². The van der Waals surface area contributed by atoms with Crippen molar-refractivity contribution in [1.29, 1.82) is 0 Å². The summed E-state index contributed by atoms with van der Waals surface area (Å²) in [4.78, 5) is 26.0. The summed E-state index contributed by atoms with van der Waals surface area (Å²) in [5.74, 6) is -0.154. The number of rotatable bonds is 7. The van der Waals surface area contributed by atoms with Crippen molar-refractivity contribution < 1.29 is 23.1 Å². The minimum Gasteiger partial charge on any atom is -0.433 e. The summed E-state index contributed by atoms with van der Waals surface area (Å²) in [5, 5.41) is 4.45. The molecule has 0 bridgehead atoms. The molecule has 1 fully saturated rings. The van der Waals surface area contributed by atoms with Gasteiger partial charge < -0.3 is 15.0 Å². The Morgan fingerprint density at radius 1 is 1.50 bits per heavy atom. The van der Waals surface area contributed by atoms with Gasteiger partial charge in [-0.25, -0.2) is 0 Å². The third-order valence-corrected chi connectivity index (χ3v) is 4.79. The molecule has 1 aliphatic heterocycles. The van der Waals surface area contributed by atoms with Gasteiger partial charge in [-0.15, -0.1) is 11.3 Å². The number of piperidine rings is 1. The molecular formula is C16H22F2N2O3S. The summed E-state index contributed by atoms with van der Waals surface area (Å²) < 4.78 is 29.2. The maximum Gasteiger partial charge on any atom is 0.387 e. The molecule has 1 N–H and O–H groups in total. The highest BCUT2D eigenvalue weighted by Gasteiger charge is 2.28. The number of nitrogens with one attached hydrogen (secondary N) is 1. The highest BCUT2D eigenvalue weighted by Crippen LogP contribution is 2.29. The molecule has 0 aromatic carbocycles. The number of hydrogen-bond donors (Lipinski definition) is 1. The van der Waals surface area contributed by atoms with Crippen LogP contribution in [0.2, 0.25) is 0 Å². The van der Waals surface area contributed by atoms with Gasteiger partial charge in [0.15, 0.2) is 0 Å². The second kappa shape index (κ2) is 8.96. The van der Waals surface area contributed by atoms with Crippen molar-refractivity contribution in [2.45, 2.75) is 39.2 Å². The fraction of sp³-hybridized carbons (Fsp3) is 0.625. The maximum atomic E-state index is 12.6. The number of ether oxygens (including phenoxy) is 1. The number of carbonyl (C=O) groups is 2. The molecule has 1 atom stereocenters. The van der Waals surface area contributed by atoms with E-state index in [9.17, 15) is 18.4 Å². The van der Waals surface area contributed by atoms with E-state index in [0.717, 1.165) is 30.6 Å². The number of amides is 2. The Labute approximate surface area is 144 Å². The van der Waals surface area contributed by atoms with Crippen LogP contribution < -0.4 is 10.1 Å². The lowest BCUT2D eigenvalue weighted by molar-refractivity contribution is -0.121. The first-order valence-electron chi connectivity index (χ1n) is 8.09. The molecular weight excluding hydrogens is 338 g/mol. The Bertz CT molecular complexity index is 565. The number of thiophene rings is 1. The van der Waals surface area contributed by atoms with Gasteiger partial charge in [-0.3, -0.25) is 9.59 Å². The van der Waals surface area contributed by atoms with Crippen LogP contribution in [-0.4, -0.2) is 43.0 Å². The average molecular weight is 360 g/mol. The lowest BCUT2D eigenvalue weighted by atomic mass is 9.97. The van der Waals surface area contributed by atoms with Gasteiger partial charge in [0.2, 0.25) is 5.91 Å². The number of alkyl halides is 2. The number of nitrogens with zero attached hydrogens (tertiary/aromatic N) is 1. The standard InChI is InChI=1S/C16H22F2N2O3S/c1-2-4-13(21)19-9-11-5-3-7-20(10-11)15(22)14-12(6-8-24-14)23-16(17)18/h6,8,11,16H,2-5,7,9-10H2,1H3,(H,19,21). The van der Waals surface area contributed by atoms with Gasteiger partial charge in [-0.05, 0) is 36.6 Å². The summed E-state index contributed by atoms with van der Waals surface area (Å²) in [5.41, 5.74) is 0. The second-order valence-electron chi connectivity index (χ2n) is 5.81. The molecule has 1 unspecified atom stereocenters. The maximum absolute atomic E-state index is 12.6. The molecule has 0 aliphatic carbocycles. The first-order chi connectivity index (χ1) is 11.5. The summed E-state index contributed by atoms with van der Waals surface area (Å²) in [6.45, 7) is 0.629. The van der Waals surface area contributed by atoms with E-state index >= 15 is 0 Å². The van der Waals surface area contributed by atoms with E-state index in [1.54, 1.807) is 10.3 Å². The van der Waals surface area contributed by atoms with Gasteiger partial charge in [0.1, 0.15) is 10.6 Å². The molecule has 1 saturated heterocycles. The fourth-order valence-electron chi connectivity index (χ4n) is 2.78. The average Bonchev–Trinajstić information content (AvgIpc) is 3.00. The van der Waals surface area contributed by atoms with Crippen LogP contribution in [0.5, 0.6) is 5.75 Å². The Morgan fingerprint density at radius 3 is 3.00 bits per heavy atom. The van der Waals surface area contributed by atoms with Crippen LogP contribution in [0.1, 0.15) is 42.3 Å². The summed E-state index contributed by atoms with van der Waals surface area (Å²) in [6.07, 6.45) is 3.06. The van der Waals surface area contributed by atoms with Crippen LogP contribution in [0.25, 0.3) is 0 Å². The van der Waals surface area contributed by atoms with Crippen LogP contribution in [-0.2, 0) is 4.79 Å². The van der Waals surface area contributed by atoms with Crippen molar-refractivity contribution in [3.63, 3.8) is 0 Å². The zero-order valence-electron chi connectivity index (χ0n) is 13.6. The van der Waals surface area contributed by atoms with Crippen molar-refractivity contribution in [3.05, 3.63) is 16.3 Å². The van der Waals surface area contributed by atoms with Crippen molar-refractivity contribution >= 4 is 23.2 Å². The van der Waals surface area contributed by atoms with E-state index in [4.69, 9.17) is 0 Å². The van der Waals surface area contributed by atoms with E-state index in [1.165, 1.54) is 6.07 Å². The zero-order valence-corrected chi connectivity index (χ0v) is 14.4. The normalized spacial score (nSPS) is 17.8. The highest BCUT2D eigenvalue weighted by atomic mass is 32.1. The summed E-state index contributed by atoms with van der Waals surface area (Å²) in [6, 6.07) is 1.39. The largest absolute Gasteiger partial charge is 0.433 e. The third-order valence-electron chi connectivity index (χ3n) is 3.91. The van der Waals surface area contributed by atoms with Crippen LogP contribution in [0.15, 0.2) is 11.4 Å². The first-order valence-corrected chi connectivity index (χ1v) is 8.97. The molecule has 2 heterocycles. The molecule has 1 aromatic heterocycles. The first kappa shape index (κ1) is 18.6. The molecule has 0 radical (unpaired) electrons. The monoisotopic (exact) mass is 360 g/mol. The quantitative estimate of drug-likeness (QED) is 0.813. The second-order valence-corrected chi connectivity index (χ2v) is 6.72. The molecule has 1 aliphatic rings. The van der Waals surface area contributed by atoms with Gasteiger partial charge in [-0.1, -0.05) is 6.92 Å². The Kier molecular flexibility index (Phi) is 6.96. The van der Waals surface area contributed by atoms with Crippen LogP contribution in [0.4, 0.5) is 8.78 Å². The van der Waals surface area contributed by atoms with Gasteiger partial charge in [0.05, 0.1) is 0 Å². The SMILES string of the molecule is CCCC(=O)NCC1CCCN(C(=O)c2sccc2OC(F)F)C1. The van der Waals surface area contributed by atoms with Crippen LogP contribution in [0.3, 0.4) is 0 Å². The zero-order chi connectivity index (χ0) is 17.5. The number of hydrogen-bond acceptors (Lipinski definition) is 4. The molecule has 134 valence electrons. The Hall–Kier alpha value is -1.70. The van der Waals surface area contributed by atoms with E-state index in [-0.39, 0.29) is 28.4 Å². The molecule has 8 heteroatoms. The lowest BCUT2D eigenvalue weighted by Gasteiger charge is -2.32. The van der Waals surface area contributed by atoms with Crippen LogP contribution >= 0.6 is 11.3 Å². The topological polar surface area (TPSA) is 58.6 Å². The summed E-state index contributed by atoms with van der Waals surface area (Å²) in [7, 11) is 0. The number of halogens is 2. The number of carbonyl (C=O) groups excluding carboxylic acids is 2. The van der Waals surface area contributed by atoms with Crippen molar-refractivity contribution in [2.75, 3.05) is 19.6 Å². The minimum atomic E-state index is -2.95.